The van der Waals surface area contributed by atoms with Gasteiger partial charge in [0.15, 0.2) is 5.78 Å². The topological polar surface area (TPSA) is 26.3 Å². The minimum atomic E-state index is -0.521. The highest BCUT2D eigenvalue weighted by molar-refractivity contribution is 6.01. The predicted molar refractivity (Wildman–Crippen MR) is 83.6 cm³/mol. The third-order valence-corrected chi connectivity index (χ3v) is 4.35. The molecule has 1 unspecified atom stereocenters. The molecule has 21 heavy (non-hydrogen) atoms. The number of ketones is 1. The smallest absolute Gasteiger partial charge is 0.196 e. The van der Waals surface area contributed by atoms with E-state index in [0.717, 1.165) is 11.1 Å². The van der Waals surface area contributed by atoms with Crippen molar-refractivity contribution in [3.63, 3.8) is 0 Å². The lowest BCUT2D eigenvalue weighted by Gasteiger charge is -2.28. The predicted octanol–water partition coefficient (Wildman–Crippen LogP) is 4.52. The normalized spacial score (nSPS) is 16.2. The van der Waals surface area contributed by atoms with Gasteiger partial charge in [0, 0.05) is 12.7 Å². The number of methoxy groups -OCH3 is 1. The number of hydrogen-bond acceptors (Lipinski definition) is 2. The van der Waals surface area contributed by atoms with Gasteiger partial charge in [0.2, 0.25) is 0 Å². The summed E-state index contributed by atoms with van der Waals surface area (Å²) in [5, 5.41) is 0. The third-order valence-electron chi connectivity index (χ3n) is 4.35. The van der Waals surface area contributed by atoms with Crippen LogP contribution in [-0.2, 0) is 4.74 Å². The van der Waals surface area contributed by atoms with Crippen molar-refractivity contribution in [2.24, 2.45) is 0 Å². The van der Waals surface area contributed by atoms with Crippen molar-refractivity contribution < 1.29 is 9.53 Å². The van der Waals surface area contributed by atoms with E-state index in [1.54, 1.807) is 7.11 Å². The maximum atomic E-state index is 12.9. The first-order valence-electron chi connectivity index (χ1n) is 7.52. The first-order chi connectivity index (χ1) is 10.3. The van der Waals surface area contributed by atoms with Crippen LogP contribution in [0, 0.1) is 0 Å². The quantitative estimate of drug-likeness (QED) is 0.752. The number of carbonyl (C=O) groups is 1. The number of carbonyl (C=O) groups excluding carboxylic acids is 1. The molecule has 3 rings (SSSR count). The molecular weight excluding hydrogens is 260 g/mol. The molecule has 108 valence electrons. The Morgan fingerprint density at radius 1 is 1.05 bits per heavy atom. The third kappa shape index (κ3) is 2.77. The molecule has 0 saturated heterocycles. The summed E-state index contributed by atoms with van der Waals surface area (Å²) in [6.07, 6.45) is 3.12. The molecule has 0 N–H and O–H groups in total. The zero-order chi connectivity index (χ0) is 14.7. The Bertz CT molecular complexity index is 614. The molecule has 0 aliphatic heterocycles. The number of benzene rings is 2. The van der Waals surface area contributed by atoms with Crippen LogP contribution in [0.15, 0.2) is 54.6 Å². The fourth-order valence-electron chi connectivity index (χ4n) is 2.96. The van der Waals surface area contributed by atoms with Crippen molar-refractivity contribution in [3.05, 3.63) is 71.3 Å². The Morgan fingerprint density at radius 3 is 2.33 bits per heavy atom. The van der Waals surface area contributed by atoms with E-state index in [2.05, 4.69) is 6.07 Å². The summed E-state index contributed by atoms with van der Waals surface area (Å²) < 4.78 is 5.49. The molecule has 0 radical (unpaired) electrons. The SMILES string of the molecule is COC(C(=O)c1ccccc1C1CCC1)c1ccccc1. The van der Waals surface area contributed by atoms with Gasteiger partial charge in [-0.05, 0) is 29.9 Å². The number of Topliss-reactive ketones (excluding diaryl/α,β-unsaturated/α-hetero) is 1. The van der Waals surface area contributed by atoms with Gasteiger partial charge >= 0.3 is 0 Å². The Balaban J connectivity index is 1.94. The first-order valence-corrected chi connectivity index (χ1v) is 7.52. The van der Waals surface area contributed by atoms with Crippen LogP contribution in [0.4, 0.5) is 0 Å². The second kappa shape index (κ2) is 6.23. The second-order valence-electron chi connectivity index (χ2n) is 5.61. The average Bonchev–Trinajstić information content (AvgIpc) is 2.48. The Morgan fingerprint density at radius 2 is 1.71 bits per heavy atom. The van der Waals surface area contributed by atoms with E-state index in [1.807, 2.05) is 48.5 Å². The van der Waals surface area contributed by atoms with E-state index in [-0.39, 0.29) is 5.78 Å². The molecule has 2 aromatic carbocycles. The van der Waals surface area contributed by atoms with E-state index in [4.69, 9.17) is 4.74 Å². The molecule has 2 heteroatoms. The van der Waals surface area contributed by atoms with Crippen molar-refractivity contribution in [1.82, 2.24) is 0 Å². The minimum absolute atomic E-state index is 0.0613. The number of hydrogen-bond donors (Lipinski definition) is 0. The maximum Gasteiger partial charge on any atom is 0.196 e. The molecule has 2 aromatic rings. The largest absolute Gasteiger partial charge is 0.369 e. The lowest BCUT2D eigenvalue weighted by atomic mass is 9.77. The molecule has 0 bridgehead atoms. The van der Waals surface area contributed by atoms with Crippen LogP contribution in [0.25, 0.3) is 0 Å². The summed E-state index contributed by atoms with van der Waals surface area (Å²) in [7, 11) is 1.60. The molecule has 2 nitrogen and oxygen atoms in total. The highest BCUT2D eigenvalue weighted by Crippen LogP contribution is 2.39. The summed E-state index contributed by atoms with van der Waals surface area (Å²) in [5.41, 5.74) is 2.91. The number of rotatable bonds is 5. The molecule has 0 spiro atoms. The highest BCUT2D eigenvalue weighted by atomic mass is 16.5. The van der Waals surface area contributed by atoms with Crippen molar-refractivity contribution in [1.29, 1.82) is 0 Å². The standard InChI is InChI=1S/C19H20O2/c1-21-19(15-8-3-2-4-9-15)18(20)17-13-6-5-12-16(17)14-10-7-11-14/h2-6,8-9,12-14,19H,7,10-11H2,1H3. The molecule has 1 aliphatic carbocycles. The van der Waals surface area contributed by atoms with Gasteiger partial charge in [-0.3, -0.25) is 4.79 Å². The van der Waals surface area contributed by atoms with Crippen LogP contribution in [0.1, 0.15) is 52.8 Å². The van der Waals surface area contributed by atoms with Crippen molar-refractivity contribution in [3.8, 4) is 0 Å². The lowest BCUT2D eigenvalue weighted by Crippen LogP contribution is -2.19. The summed E-state index contributed by atoms with van der Waals surface area (Å²) >= 11 is 0. The van der Waals surface area contributed by atoms with Crippen LogP contribution in [0.2, 0.25) is 0 Å². The molecule has 0 amide bonds. The summed E-state index contributed by atoms with van der Waals surface area (Å²) in [4.78, 5) is 12.9. The van der Waals surface area contributed by atoms with Gasteiger partial charge in [-0.15, -0.1) is 0 Å². The highest BCUT2D eigenvalue weighted by Gasteiger charge is 2.28. The monoisotopic (exact) mass is 280 g/mol. The van der Waals surface area contributed by atoms with Gasteiger partial charge < -0.3 is 4.74 Å². The minimum Gasteiger partial charge on any atom is -0.369 e. The number of ether oxygens (including phenoxy) is 1. The van der Waals surface area contributed by atoms with Gasteiger partial charge in [0.1, 0.15) is 6.10 Å². The molecule has 1 aliphatic rings. The Labute approximate surface area is 125 Å². The van der Waals surface area contributed by atoms with Gasteiger partial charge in [-0.25, -0.2) is 0 Å². The van der Waals surface area contributed by atoms with E-state index >= 15 is 0 Å². The summed E-state index contributed by atoms with van der Waals surface area (Å²) in [5.74, 6) is 0.602. The van der Waals surface area contributed by atoms with Gasteiger partial charge in [0.05, 0.1) is 0 Å². The van der Waals surface area contributed by atoms with E-state index in [9.17, 15) is 4.79 Å². The zero-order valence-corrected chi connectivity index (χ0v) is 12.3. The first kappa shape index (κ1) is 14.0. The van der Waals surface area contributed by atoms with Crippen LogP contribution in [-0.4, -0.2) is 12.9 Å². The van der Waals surface area contributed by atoms with Crippen molar-refractivity contribution in [2.45, 2.75) is 31.3 Å². The van der Waals surface area contributed by atoms with Crippen LogP contribution in [0.3, 0.4) is 0 Å². The Kier molecular flexibility index (Phi) is 4.16. The second-order valence-corrected chi connectivity index (χ2v) is 5.61. The van der Waals surface area contributed by atoms with Crippen LogP contribution >= 0.6 is 0 Å². The van der Waals surface area contributed by atoms with E-state index in [0.29, 0.717) is 5.92 Å². The maximum absolute atomic E-state index is 12.9. The fourth-order valence-corrected chi connectivity index (χ4v) is 2.96. The van der Waals surface area contributed by atoms with Crippen molar-refractivity contribution in [2.75, 3.05) is 7.11 Å². The molecule has 1 fully saturated rings. The van der Waals surface area contributed by atoms with Gasteiger partial charge in [-0.1, -0.05) is 61.0 Å². The average molecular weight is 280 g/mol. The van der Waals surface area contributed by atoms with E-state index in [1.165, 1.54) is 24.8 Å². The van der Waals surface area contributed by atoms with Crippen LogP contribution < -0.4 is 0 Å². The molecule has 1 saturated carbocycles. The van der Waals surface area contributed by atoms with E-state index < -0.39 is 6.10 Å². The van der Waals surface area contributed by atoms with Crippen molar-refractivity contribution >= 4 is 5.78 Å². The molecule has 1 atom stereocenters. The molecular formula is C19H20O2. The zero-order valence-electron chi connectivity index (χ0n) is 12.3. The molecule has 0 heterocycles. The van der Waals surface area contributed by atoms with Crippen LogP contribution in [0.5, 0.6) is 0 Å². The fraction of sp³-hybridized carbons (Fsp3) is 0.316. The summed E-state index contributed by atoms with van der Waals surface area (Å²) in [6, 6.07) is 17.7. The lowest BCUT2D eigenvalue weighted by molar-refractivity contribution is 0.0602. The summed E-state index contributed by atoms with van der Waals surface area (Å²) in [6.45, 7) is 0. The molecule has 0 aromatic heterocycles. The van der Waals surface area contributed by atoms with Gasteiger partial charge in [-0.2, -0.15) is 0 Å². The van der Waals surface area contributed by atoms with Gasteiger partial charge in [0.25, 0.3) is 0 Å². The Hall–Kier alpha value is -1.93.